The van der Waals surface area contributed by atoms with E-state index in [1.165, 1.54) is 0 Å². The van der Waals surface area contributed by atoms with E-state index >= 15 is 0 Å². The number of aromatic nitrogens is 2. The summed E-state index contributed by atoms with van der Waals surface area (Å²) < 4.78 is 13.7. The van der Waals surface area contributed by atoms with Gasteiger partial charge < -0.3 is 5.32 Å². The number of hydrogen-bond donors (Lipinski definition) is 1. The van der Waals surface area contributed by atoms with Gasteiger partial charge in [0.05, 0.1) is 22.9 Å². The number of para-hydroxylation sites is 1. The summed E-state index contributed by atoms with van der Waals surface area (Å²) in [6.45, 7) is 1.91. The standard InChI is InChI=1S/C19H17N3O2S/c1-13-7-5-6-10-15(13)19(23)20-18-16-11-25(24)12-17(16)21-22(18)14-8-3-2-4-9-14/h2-10H,11-12H2,1H3,(H,20,23)/t25-/m0/s1. The summed E-state index contributed by atoms with van der Waals surface area (Å²) in [6, 6.07) is 17.1. The zero-order chi connectivity index (χ0) is 17.4. The maximum absolute atomic E-state index is 12.8. The molecule has 0 saturated heterocycles. The average molecular weight is 351 g/mol. The van der Waals surface area contributed by atoms with Crippen molar-refractivity contribution in [3.8, 4) is 5.69 Å². The largest absolute Gasteiger partial charge is 0.306 e. The van der Waals surface area contributed by atoms with E-state index in [1.807, 2.05) is 55.5 Å². The second-order valence-corrected chi connectivity index (χ2v) is 7.48. The van der Waals surface area contributed by atoms with E-state index in [1.54, 1.807) is 10.7 Å². The fourth-order valence-electron chi connectivity index (χ4n) is 3.01. The molecule has 0 fully saturated rings. The molecular formula is C19H17N3O2S. The molecule has 1 amide bonds. The Morgan fingerprint density at radius 1 is 1.08 bits per heavy atom. The summed E-state index contributed by atoms with van der Waals surface area (Å²) >= 11 is 0. The molecule has 2 heterocycles. The lowest BCUT2D eigenvalue weighted by atomic mass is 10.1. The van der Waals surface area contributed by atoms with Gasteiger partial charge in [0, 0.05) is 21.9 Å². The Morgan fingerprint density at radius 3 is 2.56 bits per heavy atom. The van der Waals surface area contributed by atoms with Crippen LogP contribution in [-0.2, 0) is 22.3 Å². The summed E-state index contributed by atoms with van der Waals surface area (Å²) in [4.78, 5) is 12.8. The molecule has 5 nitrogen and oxygen atoms in total. The van der Waals surface area contributed by atoms with Crippen molar-refractivity contribution < 1.29 is 9.00 Å². The van der Waals surface area contributed by atoms with Gasteiger partial charge in [-0.1, -0.05) is 36.4 Å². The molecule has 3 aromatic rings. The molecule has 4 rings (SSSR count). The maximum atomic E-state index is 12.8. The third-order valence-corrected chi connectivity index (χ3v) is 5.50. The molecule has 2 aromatic carbocycles. The van der Waals surface area contributed by atoms with Crippen LogP contribution in [0, 0.1) is 6.92 Å². The summed E-state index contributed by atoms with van der Waals surface area (Å²) in [5, 5.41) is 7.58. The molecule has 1 aliphatic rings. The average Bonchev–Trinajstić information content (AvgIpc) is 3.13. The van der Waals surface area contributed by atoms with Crippen LogP contribution in [0.2, 0.25) is 0 Å². The van der Waals surface area contributed by atoms with Crippen LogP contribution in [-0.4, -0.2) is 19.9 Å². The highest BCUT2D eigenvalue weighted by Gasteiger charge is 2.28. The van der Waals surface area contributed by atoms with Crippen LogP contribution in [0.5, 0.6) is 0 Å². The minimum absolute atomic E-state index is 0.185. The van der Waals surface area contributed by atoms with Crippen LogP contribution in [0.1, 0.15) is 27.2 Å². The Bertz CT molecular complexity index is 980. The van der Waals surface area contributed by atoms with Gasteiger partial charge in [0.15, 0.2) is 0 Å². The lowest BCUT2D eigenvalue weighted by molar-refractivity contribution is 0.102. The molecule has 126 valence electrons. The van der Waals surface area contributed by atoms with Crippen molar-refractivity contribution in [2.24, 2.45) is 0 Å². The monoisotopic (exact) mass is 351 g/mol. The first-order chi connectivity index (χ1) is 12.1. The fraction of sp³-hybridized carbons (Fsp3) is 0.158. The summed E-state index contributed by atoms with van der Waals surface area (Å²) in [5.41, 5.74) is 4.05. The second kappa shape index (κ2) is 6.29. The van der Waals surface area contributed by atoms with Gasteiger partial charge >= 0.3 is 0 Å². The fourth-order valence-corrected chi connectivity index (χ4v) is 4.28. The number of amides is 1. The zero-order valence-corrected chi connectivity index (χ0v) is 14.5. The van der Waals surface area contributed by atoms with Crippen LogP contribution >= 0.6 is 0 Å². The molecule has 1 atom stereocenters. The van der Waals surface area contributed by atoms with E-state index < -0.39 is 10.8 Å². The molecule has 0 saturated carbocycles. The molecule has 0 radical (unpaired) electrons. The Labute approximate surface area is 148 Å². The molecule has 1 N–H and O–H groups in total. The molecule has 25 heavy (non-hydrogen) atoms. The molecule has 0 spiro atoms. The van der Waals surface area contributed by atoms with E-state index in [4.69, 9.17) is 0 Å². The number of aryl methyl sites for hydroxylation is 1. The molecular weight excluding hydrogens is 334 g/mol. The first kappa shape index (κ1) is 15.8. The van der Waals surface area contributed by atoms with Crippen molar-refractivity contribution in [1.82, 2.24) is 9.78 Å². The van der Waals surface area contributed by atoms with Gasteiger partial charge in [-0.05, 0) is 30.7 Å². The Balaban J connectivity index is 1.77. The zero-order valence-electron chi connectivity index (χ0n) is 13.7. The molecule has 1 aliphatic heterocycles. The number of carbonyl (C=O) groups excluding carboxylic acids is 1. The predicted octanol–water partition coefficient (Wildman–Crippen LogP) is 3.20. The third-order valence-electron chi connectivity index (χ3n) is 4.29. The van der Waals surface area contributed by atoms with Crippen molar-refractivity contribution in [3.05, 3.63) is 77.0 Å². The highest BCUT2D eigenvalue weighted by Crippen LogP contribution is 2.31. The van der Waals surface area contributed by atoms with Crippen LogP contribution in [0.25, 0.3) is 5.69 Å². The van der Waals surface area contributed by atoms with Gasteiger partial charge in [0.2, 0.25) is 0 Å². The lowest BCUT2D eigenvalue weighted by Gasteiger charge is -2.12. The van der Waals surface area contributed by atoms with E-state index in [0.717, 1.165) is 22.5 Å². The summed E-state index contributed by atoms with van der Waals surface area (Å²) in [7, 11) is -0.954. The molecule has 1 aromatic heterocycles. The van der Waals surface area contributed by atoms with E-state index in [2.05, 4.69) is 10.4 Å². The number of hydrogen-bond acceptors (Lipinski definition) is 3. The predicted molar refractivity (Wildman–Crippen MR) is 98.2 cm³/mol. The van der Waals surface area contributed by atoms with Gasteiger partial charge in [-0.15, -0.1) is 0 Å². The molecule has 0 bridgehead atoms. The summed E-state index contributed by atoms with van der Waals surface area (Å²) in [6.07, 6.45) is 0. The van der Waals surface area contributed by atoms with Crippen LogP contribution in [0.4, 0.5) is 5.82 Å². The normalized spacial score (nSPS) is 15.8. The first-order valence-electron chi connectivity index (χ1n) is 8.01. The number of rotatable bonds is 3. The minimum Gasteiger partial charge on any atom is -0.306 e. The number of nitrogens with one attached hydrogen (secondary N) is 1. The molecule has 6 heteroatoms. The number of fused-ring (bicyclic) bond motifs is 1. The topological polar surface area (TPSA) is 64.0 Å². The quantitative estimate of drug-likeness (QED) is 0.788. The number of nitrogens with zero attached hydrogens (tertiary/aromatic N) is 2. The number of benzene rings is 2. The van der Waals surface area contributed by atoms with E-state index in [9.17, 15) is 9.00 Å². The number of anilines is 1. The van der Waals surface area contributed by atoms with Crippen LogP contribution in [0.15, 0.2) is 54.6 Å². The Hall–Kier alpha value is -2.73. The van der Waals surface area contributed by atoms with E-state index in [0.29, 0.717) is 22.9 Å². The van der Waals surface area contributed by atoms with Gasteiger partial charge in [0.1, 0.15) is 5.82 Å². The van der Waals surface area contributed by atoms with Crippen molar-refractivity contribution in [2.45, 2.75) is 18.4 Å². The second-order valence-electron chi connectivity index (χ2n) is 6.02. The maximum Gasteiger partial charge on any atom is 0.257 e. The summed E-state index contributed by atoms with van der Waals surface area (Å²) in [5.74, 6) is 1.28. The van der Waals surface area contributed by atoms with Gasteiger partial charge in [-0.2, -0.15) is 5.10 Å². The Morgan fingerprint density at radius 2 is 1.80 bits per heavy atom. The van der Waals surface area contributed by atoms with Gasteiger partial charge in [-0.3, -0.25) is 9.00 Å². The lowest BCUT2D eigenvalue weighted by Crippen LogP contribution is -2.17. The van der Waals surface area contributed by atoms with Gasteiger partial charge in [-0.25, -0.2) is 4.68 Å². The highest BCUT2D eigenvalue weighted by atomic mass is 32.2. The van der Waals surface area contributed by atoms with E-state index in [-0.39, 0.29) is 5.91 Å². The van der Waals surface area contributed by atoms with Gasteiger partial charge in [0.25, 0.3) is 5.91 Å². The first-order valence-corrected chi connectivity index (χ1v) is 9.50. The SMILES string of the molecule is Cc1ccccc1C(=O)Nc1c2c(nn1-c1ccccc1)C[S@@](=O)C2. The third kappa shape index (κ3) is 2.89. The van der Waals surface area contributed by atoms with Crippen LogP contribution < -0.4 is 5.32 Å². The highest BCUT2D eigenvalue weighted by molar-refractivity contribution is 7.83. The molecule has 0 aliphatic carbocycles. The van der Waals surface area contributed by atoms with Crippen LogP contribution in [0.3, 0.4) is 0 Å². The minimum atomic E-state index is -0.954. The van der Waals surface area contributed by atoms with Crippen molar-refractivity contribution >= 4 is 22.5 Å². The number of carbonyl (C=O) groups is 1. The Kier molecular flexibility index (Phi) is 3.97. The van der Waals surface area contributed by atoms with Crippen molar-refractivity contribution in [2.75, 3.05) is 5.32 Å². The van der Waals surface area contributed by atoms with Crippen molar-refractivity contribution in [1.29, 1.82) is 0 Å². The molecule has 0 unspecified atom stereocenters. The van der Waals surface area contributed by atoms with Crippen molar-refractivity contribution in [3.63, 3.8) is 0 Å². The smallest absolute Gasteiger partial charge is 0.257 e.